The van der Waals surface area contributed by atoms with Gasteiger partial charge < -0.3 is 9.73 Å². The average molecular weight is 233 g/mol. The van der Waals surface area contributed by atoms with Gasteiger partial charge in [0, 0.05) is 12.5 Å². The predicted molar refractivity (Wildman–Crippen MR) is 72.0 cm³/mol. The van der Waals surface area contributed by atoms with Crippen LogP contribution in [0.5, 0.6) is 0 Å². The van der Waals surface area contributed by atoms with Gasteiger partial charge in [-0.05, 0) is 43.0 Å². The Morgan fingerprint density at radius 1 is 1.47 bits per heavy atom. The van der Waals surface area contributed by atoms with Gasteiger partial charge in [0.05, 0.1) is 0 Å². The van der Waals surface area contributed by atoms with Crippen LogP contribution >= 0.6 is 0 Å². The van der Waals surface area contributed by atoms with E-state index in [4.69, 9.17) is 4.42 Å². The van der Waals surface area contributed by atoms with Crippen molar-refractivity contribution >= 4 is 6.08 Å². The lowest BCUT2D eigenvalue weighted by atomic mass is 10.2. The quantitative estimate of drug-likeness (QED) is 0.758. The zero-order valence-electron chi connectivity index (χ0n) is 11.1. The molecule has 0 amide bonds. The van der Waals surface area contributed by atoms with Gasteiger partial charge in [-0.25, -0.2) is 0 Å². The van der Waals surface area contributed by atoms with E-state index in [0.29, 0.717) is 11.8 Å². The van der Waals surface area contributed by atoms with E-state index in [0.717, 1.165) is 30.5 Å². The zero-order chi connectivity index (χ0) is 12.3. The lowest BCUT2D eigenvalue weighted by Gasteiger charge is -2.03. The van der Waals surface area contributed by atoms with Crippen molar-refractivity contribution in [2.75, 3.05) is 13.1 Å². The summed E-state index contributed by atoms with van der Waals surface area (Å²) >= 11 is 0. The van der Waals surface area contributed by atoms with Crippen molar-refractivity contribution in [3.05, 3.63) is 29.7 Å². The molecule has 1 heterocycles. The maximum atomic E-state index is 5.79. The van der Waals surface area contributed by atoms with Gasteiger partial charge in [-0.3, -0.25) is 0 Å². The molecule has 2 rings (SSSR count). The Balaban J connectivity index is 1.75. The summed E-state index contributed by atoms with van der Waals surface area (Å²) in [5, 5.41) is 3.38. The Hall–Kier alpha value is -1.02. The van der Waals surface area contributed by atoms with Gasteiger partial charge in [-0.2, -0.15) is 0 Å². The maximum Gasteiger partial charge on any atom is 0.126 e. The highest BCUT2D eigenvalue weighted by Gasteiger charge is 2.36. The summed E-state index contributed by atoms with van der Waals surface area (Å²) in [6, 6.07) is 4.19. The van der Waals surface area contributed by atoms with Crippen molar-refractivity contribution in [1.82, 2.24) is 5.32 Å². The maximum absolute atomic E-state index is 5.79. The third-order valence-corrected chi connectivity index (χ3v) is 3.22. The Labute approximate surface area is 104 Å². The van der Waals surface area contributed by atoms with Crippen molar-refractivity contribution in [3.8, 4) is 0 Å². The van der Waals surface area contributed by atoms with Gasteiger partial charge in [0.25, 0.3) is 0 Å². The van der Waals surface area contributed by atoms with E-state index >= 15 is 0 Å². The van der Waals surface area contributed by atoms with Crippen molar-refractivity contribution in [3.63, 3.8) is 0 Å². The van der Waals surface area contributed by atoms with Crippen molar-refractivity contribution in [1.29, 1.82) is 0 Å². The summed E-state index contributed by atoms with van der Waals surface area (Å²) in [6.45, 7) is 8.68. The van der Waals surface area contributed by atoms with Gasteiger partial charge in [0.1, 0.15) is 11.5 Å². The van der Waals surface area contributed by atoms with Crippen LogP contribution in [0.3, 0.4) is 0 Å². The van der Waals surface area contributed by atoms with Crippen LogP contribution in [0, 0.1) is 11.8 Å². The summed E-state index contributed by atoms with van der Waals surface area (Å²) in [7, 11) is 0. The molecule has 1 aliphatic carbocycles. The Bertz CT molecular complexity index is 378. The Morgan fingerprint density at radius 2 is 2.24 bits per heavy atom. The van der Waals surface area contributed by atoms with Crippen LogP contribution < -0.4 is 5.32 Å². The van der Waals surface area contributed by atoms with Crippen LogP contribution in [-0.2, 0) is 0 Å². The summed E-state index contributed by atoms with van der Waals surface area (Å²) in [5.41, 5.74) is 0. The molecular formula is C15H23NO. The van der Waals surface area contributed by atoms with Crippen molar-refractivity contribution in [2.45, 2.75) is 33.1 Å². The molecule has 2 atom stereocenters. The van der Waals surface area contributed by atoms with E-state index in [2.05, 4.69) is 50.4 Å². The fraction of sp³-hybridized carbons (Fsp3) is 0.600. The number of furan rings is 1. The molecule has 2 unspecified atom stereocenters. The molecule has 1 N–H and O–H groups in total. The van der Waals surface area contributed by atoms with E-state index in [1.807, 2.05) is 0 Å². The molecule has 17 heavy (non-hydrogen) atoms. The molecule has 0 aromatic carbocycles. The largest absolute Gasteiger partial charge is 0.461 e. The first-order valence-corrected chi connectivity index (χ1v) is 6.64. The molecule has 0 saturated heterocycles. The topological polar surface area (TPSA) is 25.2 Å². The van der Waals surface area contributed by atoms with Gasteiger partial charge >= 0.3 is 0 Å². The molecule has 0 bridgehead atoms. The normalized spacial score (nSPS) is 23.8. The fourth-order valence-corrected chi connectivity index (χ4v) is 2.01. The molecule has 0 aliphatic heterocycles. The number of nitrogens with one attached hydrogen (secondary N) is 1. The minimum absolute atomic E-state index is 0.677. The second kappa shape index (κ2) is 5.54. The Kier molecular flexibility index (Phi) is 4.06. The second-order valence-electron chi connectivity index (χ2n) is 5.51. The first-order chi connectivity index (χ1) is 8.16. The molecule has 1 fully saturated rings. The first-order valence-electron chi connectivity index (χ1n) is 6.64. The minimum Gasteiger partial charge on any atom is -0.461 e. The van der Waals surface area contributed by atoms with Crippen molar-refractivity contribution in [2.24, 2.45) is 11.8 Å². The third-order valence-electron chi connectivity index (χ3n) is 3.22. The highest BCUT2D eigenvalue weighted by molar-refractivity contribution is 5.43. The van der Waals surface area contributed by atoms with Gasteiger partial charge in [-0.1, -0.05) is 26.8 Å². The highest BCUT2D eigenvalue weighted by Crippen LogP contribution is 2.47. The molecule has 2 nitrogen and oxygen atoms in total. The van der Waals surface area contributed by atoms with E-state index in [-0.39, 0.29) is 0 Å². The molecule has 0 spiro atoms. The lowest BCUT2D eigenvalue weighted by molar-refractivity contribution is 0.497. The number of hydrogen-bond acceptors (Lipinski definition) is 2. The molecule has 1 aromatic heterocycles. The summed E-state index contributed by atoms with van der Waals surface area (Å²) in [6.07, 6.45) is 5.47. The fourth-order valence-electron chi connectivity index (χ4n) is 2.01. The average Bonchev–Trinajstić information content (AvgIpc) is 2.83. The van der Waals surface area contributed by atoms with Crippen LogP contribution in [0.25, 0.3) is 6.08 Å². The van der Waals surface area contributed by atoms with Gasteiger partial charge in [0.2, 0.25) is 0 Å². The zero-order valence-corrected chi connectivity index (χ0v) is 11.1. The molecule has 0 radical (unpaired) electrons. The standard InChI is InChI=1S/C15H23NO/c1-11(2)10-16-8-4-5-13-6-7-15(17-13)14-9-12(14)3/h4-7,11-12,14,16H,8-10H2,1-3H3. The SMILES string of the molecule is CC(C)CNCC=Cc1ccc(C2CC2C)o1. The number of hydrogen-bond donors (Lipinski definition) is 1. The third kappa shape index (κ3) is 3.74. The second-order valence-corrected chi connectivity index (χ2v) is 5.51. The smallest absolute Gasteiger partial charge is 0.126 e. The summed E-state index contributed by atoms with van der Waals surface area (Å²) < 4.78 is 5.79. The monoisotopic (exact) mass is 233 g/mol. The number of rotatable bonds is 6. The predicted octanol–water partition coefficient (Wildman–Crippen LogP) is 3.66. The van der Waals surface area contributed by atoms with Gasteiger partial charge in [-0.15, -0.1) is 0 Å². The molecule has 1 saturated carbocycles. The van der Waals surface area contributed by atoms with E-state index in [9.17, 15) is 0 Å². The molecule has 1 aromatic rings. The van der Waals surface area contributed by atoms with Crippen LogP contribution in [0.1, 0.15) is 44.6 Å². The lowest BCUT2D eigenvalue weighted by Crippen LogP contribution is -2.19. The minimum atomic E-state index is 0.677. The highest BCUT2D eigenvalue weighted by atomic mass is 16.3. The van der Waals surface area contributed by atoms with Crippen LogP contribution in [0.2, 0.25) is 0 Å². The van der Waals surface area contributed by atoms with Crippen LogP contribution in [-0.4, -0.2) is 13.1 Å². The Morgan fingerprint density at radius 3 is 2.88 bits per heavy atom. The molecule has 94 valence electrons. The molecular weight excluding hydrogens is 210 g/mol. The summed E-state index contributed by atoms with van der Waals surface area (Å²) in [4.78, 5) is 0. The van der Waals surface area contributed by atoms with Gasteiger partial charge in [0.15, 0.2) is 0 Å². The van der Waals surface area contributed by atoms with E-state index < -0.39 is 0 Å². The van der Waals surface area contributed by atoms with Crippen molar-refractivity contribution < 1.29 is 4.42 Å². The van der Waals surface area contributed by atoms with E-state index in [1.165, 1.54) is 6.42 Å². The molecule has 2 heteroatoms. The first kappa shape index (κ1) is 12.4. The summed E-state index contributed by atoms with van der Waals surface area (Å²) in [5.74, 6) is 4.33. The molecule has 1 aliphatic rings. The van der Waals surface area contributed by atoms with E-state index in [1.54, 1.807) is 0 Å². The van der Waals surface area contributed by atoms with Crippen LogP contribution in [0.4, 0.5) is 0 Å². The van der Waals surface area contributed by atoms with Crippen LogP contribution in [0.15, 0.2) is 22.6 Å².